The van der Waals surface area contributed by atoms with Gasteiger partial charge in [-0.3, -0.25) is 0 Å². The van der Waals surface area contributed by atoms with E-state index in [0.717, 1.165) is 11.2 Å². The number of nitrogens with one attached hydrogen (secondary N) is 1. The number of aryl methyl sites for hydroxylation is 1. The lowest BCUT2D eigenvalue weighted by Gasteiger charge is -2.05. The summed E-state index contributed by atoms with van der Waals surface area (Å²) in [5.41, 5.74) is 1.95. The second-order valence-electron chi connectivity index (χ2n) is 3.36. The molecule has 0 radical (unpaired) electrons. The predicted molar refractivity (Wildman–Crippen MR) is 56.5 cm³/mol. The first-order chi connectivity index (χ1) is 7.13. The van der Waals surface area contributed by atoms with Crippen LogP contribution >= 0.6 is 0 Å². The quantitative estimate of drug-likeness (QED) is 0.789. The van der Waals surface area contributed by atoms with E-state index in [4.69, 9.17) is 9.84 Å². The molecule has 1 aromatic heterocycles. The fraction of sp³-hybridized carbons (Fsp3) is 0.182. The van der Waals surface area contributed by atoms with Gasteiger partial charge in [0.2, 0.25) is 0 Å². The summed E-state index contributed by atoms with van der Waals surface area (Å²) in [4.78, 5) is 14.2. The molecular weight excluding hydrogens is 194 g/mol. The van der Waals surface area contributed by atoms with Gasteiger partial charge in [-0.05, 0) is 25.1 Å². The number of aromatic carboxylic acids is 1. The van der Waals surface area contributed by atoms with Gasteiger partial charge in [0.05, 0.1) is 7.11 Å². The Morgan fingerprint density at radius 1 is 1.47 bits per heavy atom. The van der Waals surface area contributed by atoms with E-state index >= 15 is 0 Å². The van der Waals surface area contributed by atoms with Crippen LogP contribution in [-0.2, 0) is 0 Å². The number of H-pyrrole nitrogens is 1. The molecule has 0 aliphatic heterocycles. The minimum atomic E-state index is -0.976. The number of carbonyl (C=O) groups is 1. The molecule has 0 saturated carbocycles. The Morgan fingerprint density at radius 3 is 2.80 bits per heavy atom. The number of methoxy groups -OCH3 is 1. The maximum Gasteiger partial charge on any atom is 0.340 e. The fourth-order valence-corrected chi connectivity index (χ4v) is 1.71. The number of aromatic nitrogens is 1. The average molecular weight is 205 g/mol. The SMILES string of the molecule is COc1ccc2[nH]c(C)cc2c1C(=O)O. The Balaban J connectivity index is 2.83. The minimum absolute atomic E-state index is 0.208. The average Bonchev–Trinajstić information content (AvgIpc) is 2.55. The first-order valence-corrected chi connectivity index (χ1v) is 4.53. The molecule has 0 amide bonds. The van der Waals surface area contributed by atoms with E-state index in [1.165, 1.54) is 7.11 Å². The Labute approximate surface area is 86.5 Å². The summed E-state index contributed by atoms with van der Waals surface area (Å²) in [5, 5.41) is 9.79. The molecule has 1 heterocycles. The molecule has 0 aliphatic carbocycles. The van der Waals surface area contributed by atoms with Crippen molar-refractivity contribution in [2.75, 3.05) is 7.11 Å². The van der Waals surface area contributed by atoms with Gasteiger partial charge in [0.15, 0.2) is 0 Å². The molecule has 0 fully saturated rings. The number of hydrogen-bond donors (Lipinski definition) is 2. The molecule has 15 heavy (non-hydrogen) atoms. The first kappa shape index (κ1) is 9.58. The fourth-order valence-electron chi connectivity index (χ4n) is 1.71. The van der Waals surface area contributed by atoms with Crippen LogP contribution in [0, 0.1) is 6.92 Å². The van der Waals surface area contributed by atoms with Crippen molar-refractivity contribution in [3.63, 3.8) is 0 Å². The summed E-state index contributed by atoms with van der Waals surface area (Å²) in [7, 11) is 1.47. The van der Waals surface area contributed by atoms with E-state index in [0.29, 0.717) is 11.1 Å². The van der Waals surface area contributed by atoms with E-state index in [9.17, 15) is 4.79 Å². The van der Waals surface area contributed by atoms with Gasteiger partial charge in [-0.25, -0.2) is 4.79 Å². The smallest absolute Gasteiger partial charge is 0.340 e. The van der Waals surface area contributed by atoms with Crippen molar-refractivity contribution >= 4 is 16.9 Å². The monoisotopic (exact) mass is 205 g/mol. The van der Waals surface area contributed by atoms with Crippen LogP contribution in [0.4, 0.5) is 0 Å². The molecule has 0 spiro atoms. The van der Waals surface area contributed by atoms with Crippen molar-refractivity contribution in [2.45, 2.75) is 6.92 Å². The number of fused-ring (bicyclic) bond motifs is 1. The van der Waals surface area contributed by atoms with Gasteiger partial charge in [0, 0.05) is 16.6 Å². The zero-order valence-corrected chi connectivity index (χ0v) is 8.50. The van der Waals surface area contributed by atoms with Crippen LogP contribution in [0.25, 0.3) is 10.9 Å². The van der Waals surface area contributed by atoms with Crippen LogP contribution in [0.5, 0.6) is 5.75 Å². The van der Waals surface area contributed by atoms with E-state index in [2.05, 4.69) is 4.98 Å². The molecule has 2 aromatic rings. The van der Waals surface area contributed by atoms with Crippen LogP contribution in [0.3, 0.4) is 0 Å². The highest BCUT2D eigenvalue weighted by molar-refractivity contribution is 6.05. The number of carboxylic acids is 1. The molecule has 0 unspecified atom stereocenters. The third-order valence-corrected chi connectivity index (χ3v) is 2.33. The van der Waals surface area contributed by atoms with E-state index < -0.39 is 5.97 Å². The number of ether oxygens (including phenoxy) is 1. The number of benzene rings is 1. The molecule has 4 nitrogen and oxygen atoms in total. The summed E-state index contributed by atoms with van der Waals surface area (Å²) in [6.07, 6.45) is 0. The van der Waals surface area contributed by atoms with Gasteiger partial charge in [-0.2, -0.15) is 0 Å². The molecule has 2 N–H and O–H groups in total. The summed E-state index contributed by atoms with van der Waals surface area (Å²) in [5.74, 6) is -0.592. The lowest BCUT2D eigenvalue weighted by Crippen LogP contribution is -2.00. The standard InChI is InChI=1S/C11H11NO3/c1-6-5-7-8(12-6)3-4-9(15-2)10(7)11(13)14/h3-5,12H,1-2H3,(H,13,14). The van der Waals surface area contributed by atoms with Crippen LogP contribution in [-0.4, -0.2) is 23.2 Å². The number of hydrogen-bond acceptors (Lipinski definition) is 2. The van der Waals surface area contributed by atoms with Crippen LogP contribution < -0.4 is 4.74 Å². The van der Waals surface area contributed by atoms with Gasteiger partial charge < -0.3 is 14.8 Å². The van der Waals surface area contributed by atoms with Crippen molar-refractivity contribution in [1.82, 2.24) is 4.98 Å². The second kappa shape index (κ2) is 3.31. The first-order valence-electron chi connectivity index (χ1n) is 4.53. The van der Waals surface area contributed by atoms with Gasteiger partial charge >= 0.3 is 5.97 Å². The molecule has 4 heteroatoms. The second-order valence-corrected chi connectivity index (χ2v) is 3.36. The Morgan fingerprint density at radius 2 is 2.20 bits per heavy atom. The normalized spacial score (nSPS) is 10.5. The van der Waals surface area contributed by atoms with Gasteiger partial charge in [0.1, 0.15) is 11.3 Å². The van der Waals surface area contributed by atoms with Crippen molar-refractivity contribution in [1.29, 1.82) is 0 Å². The Bertz CT molecular complexity index is 528. The third-order valence-electron chi connectivity index (χ3n) is 2.33. The highest BCUT2D eigenvalue weighted by atomic mass is 16.5. The number of carboxylic acid groups (broad SMARTS) is 1. The molecule has 0 atom stereocenters. The summed E-state index contributed by atoms with van der Waals surface area (Å²) >= 11 is 0. The number of aromatic amines is 1. The highest BCUT2D eigenvalue weighted by Crippen LogP contribution is 2.28. The van der Waals surface area contributed by atoms with Crippen LogP contribution in [0.2, 0.25) is 0 Å². The lowest BCUT2D eigenvalue weighted by molar-refractivity contribution is 0.0695. The zero-order chi connectivity index (χ0) is 11.0. The molecule has 0 bridgehead atoms. The topological polar surface area (TPSA) is 62.3 Å². The minimum Gasteiger partial charge on any atom is -0.496 e. The molecular formula is C11H11NO3. The van der Waals surface area contributed by atoms with Crippen molar-refractivity contribution in [2.24, 2.45) is 0 Å². The zero-order valence-electron chi connectivity index (χ0n) is 8.50. The maximum absolute atomic E-state index is 11.1. The molecule has 0 saturated heterocycles. The lowest BCUT2D eigenvalue weighted by atomic mass is 10.1. The highest BCUT2D eigenvalue weighted by Gasteiger charge is 2.16. The predicted octanol–water partition coefficient (Wildman–Crippen LogP) is 2.18. The van der Waals surface area contributed by atoms with Crippen molar-refractivity contribution < 1.29 is 14.6 Å². The van der Waals surface area contributed by atoms with Crippen molar-refractivity contribution in [3.8, 4) is 5.75 Å². The maximum atomic E-state index is 11.1. The molecule has 0 aliphatic rings. The van der Waals surface area contributed by atoms with E-state index in [1.807, 2.05) is 13.0 Å². The largest absolute Gasteiger partial charge is 0.496 e. The van der Waals surface area contributed by atoms with Crippen molar-refractivity contribution in [3.05, 3.63) is 29.5 Å². The van der Waals surface area contributed by atoms with Crippen LogP contribution in [0.1, 0.15) is 16.1 Å². The third kappa shape index (κ3) is 1.44. The molecule has 78 valence electrons. The Hall–Kier alpha value is -1.97. The van der Waals surface area contributed by atoms with E-state index in [1.54, 1.807) is 12.1 Å². The van der Waals surface area contributed by atoms with Gasteiger partial charge in [-0.15, -0.1) is 0 Å². The van der Waals surface area contributed by atoms with Gasteiger partial charge in [0.25, 0.3) is 0 Å². The molecule has 2 rings (SSSR count). The molecule has 1 aromatic carbocycles. The van der Waals surface area contributed by atoms with E-state index in [-0.39, 0.29) is 5.56 Å². The Kier molecular flexibility index (Phi) is 2.11. The number of rotatable bonds is 2. The summed E-state index contributed by atoms with van der Waals surface area (Å²) in [6.45, 7) is 1.89. The summed E-state index contributed by atoms with van der Waals surface area (Å²) in [6, 6.07) is 5.27. The summed E-state index contributed by atoms with van der Waals surface area (Å²) < 4.78 is 5.03. The van der Waals surface area contributed by atoms with Crippen LogP contribution in [0.15, 0.2) is 18.2 Å². The van der Waals surface area contributed by atoms with Gasteiger partial charge in [-0.1, -0.05) is 0 Å².